The van der Waals surface area contributed by atoms with Gasteiger partial charge in [0.05, 0.1) is 37.3 Å². The van der Waals surface area contributed by atoms with Crippen LogP contribution in [0, 0.1) is 10.1 Å². The molecule has 0 radical (unpaired) electrons. The lowest BCUT2D eigenvalue weighted by molar-refractivity contribution is -0.385. The molecule has 0 atom stereocenters. The first-order valence-electron chi connectivity index (χ1n) is 7.31. The highest BCUT2D eigenvalue weighted by atomic mass is 16.6. The molecule has 8 nitrogen and oxygen atoms in total. The Bertz CT molecular complexity index is 805. The maximum Gasteiger partial charge on any atom is 0.278 e. The van der Waals surface area contributed by atoms with Gasteiger partial charge in [-0.3, -0.25) is 14.9 Å². The summed E-state index contributed by atoms with van der Waals surface area (Å²) < 4.78 is 10.3. The molecule has 1 N–H and O–H groups in total. The van der Waals surface area contributed by atoms with E-state index in [0.29, 0.717) is 17.1 Å². The third kappa shape index (κ3) is 4.77. The van der Waals surface area contributed by atoms with Gasteiger partial charge in [0.25, 0.3) is 5.69 Å². The number of hydrogen-bond donors (Lipinski definition) is 1. The summed E-state index contributed by atoms with van der Waals surface area (Å²) in [7, 11) is 3.04. The molecule has 2 aromatic carbocycles. The molecule has 0 fully saturated rings. The Labute approximate surface area is 144 Å². The largest absolute Gasteiger partial charge is 0.493 e. The van der Waals surface area contributed by atoms with Crippen molar-refractivity contribution in [2.24, 2.45) is 5.10 Å². The molecule has 130 valence electrons. The average molecular weight is 343 g/mol. The number of carbonyl (C=O) groups is 1. The van der Waals surface area contributed by atoms with Crippen LogP contribution in [0.1, 0.15) is 11.1 Å². The summed E-state index contributed by atoms with van der Waals surface area (Å²) in [6.45, 7) is 0. The van der Waals surface area contributed by atoms with Crippen molar-refractivity contribution in [2.45, 2.75) is 6.42 Å². The van der Waals surface area contributed by atoms with Gasteiger partial charge in [0.15, 0.2) is 11.5 Å². The van der Waals surface area contributed by atoms with Crippen LogP contribution in [0.5, 0.6) is 11.5 Å². The van der Waals surface area contributed by atoms with Crippen LogP contribution in [0.4, 0.5) is 5.69 Å². The normalized spacial score (nSPS) is 10.5. The Hall–Kier alpha value is -3.42. The number of nitrogens with zero attached hydrogens (tertiary/aromatic N) is 2. The number of methoxy groups -OCH3 is 2. The highest BCUT2D eigenvalue weighted by Crippen LogP contribution is 2.27. The molecule has 8 heteroatoms. The summed E-state index contributed by atoms with van der Waals surface area (Å²) in [5, 5.41) is 14.7. The fourth-order valence-corrected chi connectivity index (χ4v) is 2.15. The number of para-hydroxylation sites is 1. The van der Waals surface area contributed by atoms with Crippen LogP contribution >= 0.6 is 0 Å². The molecule has 1 amide bonds. The van der Waals surface area contributed by atoms with Gasteiger partial charge in [-0.1, -0.05) is 18.2 Å². The lowest BCUT2D eigenvalue weighted by Crippen LogP contribution is -2.19. The molecule has 0 aliphatic heterocycles. The molecule has 0 unspecified atom stereocenters. The Morgan fingerprint density at radius 2 is 1.92 bits per heavy atom. The molecule has 0 heterocycles. The Morgan fingerprint density at radius 1 is 1.20 bits per heavy atom. The Kier molecular flexibility index (Phi) is 6.05. The van der Waals surface area contributed by atoms with E-state index in [4.69, 9.17) is 9.47 Å². The molecule has 0 aromatic heterocycles. The van der Waals surface area contributed by atoms with Gasteiger partial charge in [0.2, 0.25) is 5.91 Å². The fourth-order valence-electron chi connectivity index (χ4n) is 2.15. The first-order valence-corrected chi connectivity index (χ1v) is 7.31. The number of rotatable bonds is 7. The van der Waals surface area contributed by atoms with E-state index in [-0.39, 0.29) is 18.0 Å². The lowest BCUT2D eigenvalue weighted by atomic mass is 10.1. The molecule has 0 saturated carbocycles. The second-order valence-electron chi connectivity index (χ2n) is 4.98. The average Bonchev–Trinajstić information content (AvgIpc) is 2.61. The van der Waals surface area contributed by atoms with Crippen molar-refractivity contribution in [1.29, 1.82) is 0 Å². The van der Waals surface area contributed by atoms with Crippen molar-refractivity contribution in [3.63, 3.8) is 0 Å². The molecule has 0 aliphatic carbocycles. The van der Waals surface area contributed by atoms with Crippen LogP contribution in [-0.4, -0.2) is 31.3 Å². The van der Waals surface area contributed by atoms with Crippen LogP contribution in [0.15, 0.2) is 47.6 Å². The second-order valence-corrected chi connectivity index (χ2v) is 4.98. The van der Waals surface area contributed by atoms with E-state index in [2.05, 4.69) is 10.5 Å². The smallest absolute Gasteiger partial charge is 0.278 e. The van der Waals surface area contributed by atoms with Crippen LogP contribution in [0.25, 0.3) is 0 Å². The highest BCUT2D eigenvalue weighted by Gasteiger charge is 2.11. The van der Waals surface area contributed by atoms with Crippen LogP contribution in [0.2, 0.25) is 0 Å². The van der Waals surface area contributed by atoms with Crippen LogP contribution < -0.4 is 14.9 Å². The number of ether oxygens (including phenoxy) is 2. The minimum atomic E-state index is -0.507. The number of nitro benzene ring substituents is 1. The van der Waals surface area contributed by atoms with Gasteiger partial charge in [-0.25, -0.2) is 5.43 Å². The zero-order valence-corrected chi connectivity index (χ0v) is 13.8. The van der Waals surface area contributed by atoms with E-state index in [0.717, 1.165) is 5.56 Å². The van der Waals surface area contributed by atoms with Gasteiger partial charge in [-0.05, 0) is 23.8 Å². The third-order valence-corrected chi connectivity index (χ3v) is 3.34. The van der Waals surface area contributed by atoms with Crippen molar-refractivity contribution in [3.05, 3.63) is 63.7 Å². The first-order chi connectivity index (χ1) is 12.0. The number of carbonyl (C=O) groups excluding carboxylic acids is 1. The minimum absolute atomic E-state index is 0.0780. The maximum absolute atomic E-state index is 11.9. The van der Waals surface area contributed by atoms with Gasteiger partial charge in [-0.15, -0.1) is 0 Å². The van der Waals surface area contributed by atoms with Gasteiger partial charge in [0.1, 0.15) is 0 Å². The van der Waals surface area contributed by atoms with E-state index in [1.54, 1.807) is 36.4 Å². The maximum atomic E-state index is 11.9. The van der Waals surface area contributed by atoms with E-state index < -0.39 is 4.92 Å². The van der Waals surface area contributed by atoms with Crippen molar-refractivity contribution in [2.75, 3.05) is 14.2 Å². The summed E-state index contributed by atoms with van der Waals surface area (Å²) in [4.78, 5) is 22.3. The quantitative estimate of drug-likeness (QED) is 0.472. The number of nitro groups is 1. The van der Waals surface area contributed by atoms with Gasteiger partial charge in [0, 0.05) is 6.07 Å². The van der Waals surface area contributed by atoms with E-state index in [9.17, 15) is 14.9 Å². The first kappa shape index (κ1) is 17.9. The van der Waals surface area contributed by atoms with E-state index >= 15 is 0 Å². The number of hydrazone groups is 1. The molecular formula is C17H17N3O5. The standard InChI is InChI=1S/C17H17N3O5/c1-24-15-8-7-12(9-16(15)25-2)10-17(21)19-18-11-13-5-3-4-6-14(13)20(22)23/h3-9,11H,10H2,1-2H3,(H,19,21)/b18-11+. The zero-order chi connectivity index (χ0) is 18.2. The second kappa shape index (κ2) is 8.44. The van der Waals surface area contributed by atoms with Crippen LogP contribution in [-0.2, 0) is 11.2 Å². The number of benzene rings is 2. The Morgan fingerprint density at radius 3 is 2.60 bits per heavy atom. The predicted octanol–water partition coefficient (Wildman–Crippen LogP) is 2.30. The lowest BCUT2D eigenvalue weighted by Gasteiger charge is -2.09. The number of nitrogens with one attached hydrogen (secondary N) is 1. The molecule has 2 aromatic rings. The van der Waals surface area contributed by atoms with Crippen molar-refractivity contribution in [3.8, 4) is 11.5 Å². The third-order valence-electron chi connectivity index (χ3n) is 3.34. The SMILES string of the molecule is COc1ccc(CC(=O)N/N=C/c2ccccc2[N+](=O)[O-])cc1OC. The summed E-state index contributed by atoms with van der Waals surface area (Å²) in [5.74, 6) is 0.735. The fraction of sp³-hybridized carbons (Fsp3) is 0.176. The molecule has 2 rings (SSSR count). The van der Waals surface area contributed by atoms with E-state index in [1.165, 1.54) is 26.5 Å². The molecular weight excluding hydrogens is 326 g/mol. The van der Waals surface area contributed by atoms with Gasteiger partial charge >= 0.3 is 0 Å². The predicted molar refractivity (Wildman–Crippen MR) is 92.1 cm³/mol. The number of amides is 1. The molecule has 0 bridgehead atoms. The van der Waals surface area contributed by atoms with Gasteiger partial charge in [-0.2, -0.15) is 5.10 Å². The van der Waals surface area contributed by atoms with Crippen LogP contribution in [0.3, 0.4) is 0 Å². The summed E-state index contributed by atoms with van der Waals surface area (Å²) in [6.07, 6.45) is 1.32. The molecule has 0 aliphatic rings. The van der Waals surface area contributed by atoms with Gasteiger partial charge < -0.3 is 9.47 Å². The van der Waals surface area contributed by atoms with Crippen molar-refractivity contribution < 1.29 is 19.2 Å². The zero-order valence-electron chi connectivity index (χ0n) is 13.8. The summed E-state index contributed by atoms with van der Waals surface area (Å²) in [6, 6.07) is 11.3. The van der Waals surface area contributed by atoms with Crippen molar-refractivity contribution in [1.82, 2.24) is 5.43 Å². The molecule has 0 spiro atoms. The summed E-state index contributed by atoms with van der Waals surface area (Å²) in [5.41, 5.74) is 3.29. The molecule has 25 heavy (non-hydrogen) atoms. The Balaban J connectivity index is 2.01. The highest BCUT2D eigenvalue weighted by molar-refractivity contribution is 5.87. The topological polar surface area (TPSA) is 103 Å². The monoisotopic (exact) mass is 343 g/mol. The van der Waals surface area contributed by atoms with E-state index in [1.807, 2.05) is 0 Å². The van der Waals surface area contributed by atoms with Crippen molar-refractivity contribution >= 4 is 17.8 Å². The minimum Gasteiger partial charge on any atom is -0.493 e. The summed E-state index contributed by atoms with van der Waals surface area (Å²) >= 11 is 0. The number of hydrogen-bond acceptors (Lipinski definition) is 6. The molecule has 0 saturated heterocycles.